The van der Waals surface area contributed by atoms with E-state index in [4.69, 9.17) is 4.74 Å². The number of nitrogens with one attached hydrogen (secondary N) is 2. The average Bonchev–Trinajstić information content (AvgIpc) is 2.88. The van der Waals surface area contributed by atoms with E-state index in [1.807, 2.05) is 6.20 Å². The number of benzene rings is 1. The average molecular weight is 287 g/mol. The van der Waals surface area contributed by atoms with Crippen molar-refractivity contribution in [2.24, 2.45) is 0 Å². The highest BCUT2D eigenvalue weighted by Crippen LogP contribution is 2.26. The first-order chi connectivity index (χ1) is 10.1. The number of nitrogens with zero attached hydrogens (tertiary/aromatic N) is 1. The van der Waals surface area contributed by atoms with Crippen molar-refractivity contribution in [1.29, 1.82) is 0 Å². The fraction of sp³-hybridized carbons (Fsp3) is 0.471. The van der Waals surface area contributed by atoms with Gasteiger partial charge in [-0.3, -0.25) is 5.10 Å². The molecule has 1 aromatic heterocycles. The Hall–Kier alpha value is -1.81. The largest absolute Gasteiger partial charge is 0.496 e. The van der Waals surface area contributed by atoms with Crippen LogP contribution in [0.5, 0.6) is 5.75 Å². The third-order valence-corrected chi connectivity index (χ3v) is 3.86. The van der Waals surface area contributed by atoms with Crippen molar-refractivity contribution >= 4 is 0 Å². The third-order valence-electron chi connectivity index (χ3n) is 3.86. The molecule has 21 heavy (non-hydrogen) atoms. The Bertz CT molecular complexity index is 577. The maximum Gasteiger partial charge on any atom is 0.123 e. The van der Waals surface area contributed by atoms with Gasteiger partial charge in [-0.2, -0.15) is 5.10 Å². The van der Waals surface area contributed by atoms with Gasteiger partial charge in [-0.15, -0.1) is 0 Å². The fourth-order valence-electron chi connectivity index (χ4n) is 2.51. The summed E-state index contributed by atoms with van der Waals surface area (Å²) in [4.78, 5) is 0. The number of methoxy groups -OCH3 is 1. The van der Waals surface area contributed by atoms with E-state index in [1.165, 1.54) is 22.4 Å². The van der Waals surface area contributed by atoms with E-state index < -0.39 is 0 Å². The molecule has 0 bridgehead atoms. The minimum atomic E-state index is 0.283. The van der Waals surface area contributed by atoms with E-state index in [1.54, 1.807) is 7.11 Å². The van der Waals surface area contributed by atoms with Gasteiger partial charge in [0, 0.05) is 17.3 Å². The van der Waals surface area contributed by atoms with Crippen molar-refractivity contribution in [3.8, 4) is 5.75 Å². The molecule has 0 aliphatic heterocycles. The monoisotopic (exact) mass is 287 g/mol. The summed E-state index contributed by atoms with van der Waals surface area (Å²) < 4.78 is 5.48. The van der Waals surface area contributed by atoms with Crippen LogP contribution < -0.4 is 10.1 Å². The lowest BCUT2D eigenvalue weighted by Gasteiger charge is -2.17. The number of hydrogen-bond donors (Lipinski definition) is 2. The van der Waals surface area contributed by atoms with Crippen molar-refractivity contribution in [3.63, 3.8) is 0 Å². The first-order valence-electron chi connectivity index (χ1n) is 7.48. The van der Waals surface area contributed by atoms with Crippen molar-refractivity contribution in [1.82, 2.24) is 15.5 Å². The van der Waals surface area contributed by atoms with Crippen molar-refractivity contribution < 1.29 is 4.74 Å². The van der Waals surface area contributed by atoms with Crippen LogP contribution in [0.1, 0.15) is 41.8 Å². The molecule has 1 unspecified atom stereocenters. The van der Waals surface area contributed by atoms with Crippen LogP contribution in [0.15, 0.2) is 24.4 Å². The lowest BCUT2D eigenvalue weighted by atomic mass is 10.0. The number of H-pyrrole nitrogens is 1. The summed E-state index contributed by atoms with van der Waals surface area (Å²) in [5, 5.41) is 10.6. The molecule has 0 saturated heterocycles. The molecule has 1 atom stereocenters. The van der Waals surface area contributed by atoms with Crippen LogP contribution in [0.4, 0.5) is 0 Å². The van der Waals surface area contributed by atoms with E-state index in [0.717, 1.165) is 25.1 Å². The van der Waals surface area contributed by atoms with Crippen LogP contribution in [-0.2, 0) is 6.42 Å². The molecule has 2 N–H and O–H groups in total. The van der Waals surface area contributed by atoms with Gasteiger partial charge in [0.05, 0.1) is 13.3 Å². The van der Waals surface area contributed by atoms with Gasteiger partial charge in [0.1, 0.15) is 5.75 Å². The topological polar surface area (TPSA) is 49.9 Å². The summed E-state index contributed by atoms with van der Waals surface area (Å²) in [6, 6.07) is 6.64. The van der Waals surface area contributed by atoms with Crippen molar-refractivity contribution in [2.45, 2.75) is 39.7 Å². The Labute approximate surface area is 126 Å². The van der Waals surface area contributed by atoms with Crippen LogP contribution in [0.3, 0.4) is 0 Å². The molecule has 114 valence electrons. The predicted octanol–water partition coefficient (Wildman–Crippen LogP) is 3.32. The Morgan fingerprint density at radius 2 is 2.14 bits per heavy atom. The van der Waals surface area contributed by atoms with Crippen LogP contribution in [0.2, 0.25) is 0 Å². The lowest BCUT2D eigenvalue weighted by Crippen LogP contribution is -2.21. The molecule has 1 aromatic carbocycles. The zero-order valence-corrected chi connectivity index (χ0v) is 13.4. The molecule has 1 heterocycles. The number of aryl methyl sites for hydroxylation is 3. The summed E-state index contributed by atoms with van der Waals surface area (Å²) in [6.45, 7) is 7.30. The standard InChI is InChI=1S/C17H25N3O/c1-12-7-8-16(17(10-12)21-4)14(3)18-9-5-6-15-11-19-20-13(15)2/h7-8,10-11,14,18H,5-6,9H2,1-4H3,(H,19,20). The molecule has 0 aliphatic rings. The maximum atomic E-state index is 5.48. The highest BCUT2D eigenvalue weighted by molar-refractivity contribution is 5.39. The van der Waals surface area contributed by atoms with Crippen LogP contribution in [0, 0.1) is 13.8 Å². The molecule has 0 amide bonds. The van der Waals surface area contributed by atoms with Gasteiger partial charge in [-0.1, -0.05) is 12.1 Å². The summed E-state index contributed by atoms with van der Waals surface area (Å²) in [7, 11) is 1.73. The van der Waals surface area contributed by atoms with E-state index in [2.05, 4.69) is 54.5 Å². The Morgan fingerprint density at radius 3 is 2.81 bits per heavy atom. The second-order valence-corrected chi connectivity index (χ2v) is 5.55. The molecule has 0 aliphatic carbocycles. The molecule has 0 spiro atoms. The Kier molecular flexibility index (Phi) is 5.39. The zero-order valence-electron chi connectivity index (χ0n) is 13.4. The Morgan fingerprint density at radius 1 is 1.33 bits per heavy atom. The first-order valence-corrected chi connectivity index (χ1v) is 7.48. The van der Waals surface area contributed by atoms with E-state index in [9.17, 15) is 0 Å². The van der Waals surface area contributed by atoms with E-state index >= 15 is 0 Å². The third kappa shape index (κ3) is 4.08. The highest BCUT2D eigenvalue weighted by Gasteiger charge is 2.10. The fourth-order valence-corrected chi connectivity index (χ4v) is 2.51. The number of ether oxygens (including phenoxy) is 1. The molecule has 2 aromatic rings. The van der Waals surface area contributed by atoms with Crippen molar-refractivity contribution in [3.05, 3.63) is 46.8 Å². The molecule has 0 fully saturated rings. The first kappa shape index (κ1) is 15.6. The van der Waals surface area contributed by atoms with Gasteiger partial charge in [0.2, 0.25) is 0 Å². The van der Waals surface area contributed by atoms with Crippen molar-refractivity contribution in [2.75, 3.05) is 13.7 Å². The second kappa shape index (κ2) is 7.27. The quantitative estimate of drug-likeness (QED) is 0.768. The molecular formula is C17H25N3O. The number of hydrogen-bond acceptors (Lipinski definition) is 3. The molecule has 2 rings (SSSR count). The number of aromatic nitrogens is 2. The van der Waals surface area contributed by atoms with Gasteiger partial charge in [0.25, 0.3) is 0 Å². The summed E-state index contributed by atoms with van der Waals surface area (Å²) in [6.07, 6.45) is 4.06. The van der Waals surface area contributed by atoms with E-state index in [0.29, 0.717) is 0 Å². The smallest absolute Gasteiger partial charge is 0.123 e. The Balaban J connectivity index is 1.84. The molecular weight excluding hydrogens is 262 g/mol. The van der Waals surface area contributed by atoms with Gasteiger partial charge >= 0.3 is 0 Å². The summed E-state index contributed by atoms with van der Waals surface area (Å²) >= 11 is 0. The number of aromatic amines is 1. The highest BCUT2D eigenvalue weighted by atomic mass is 16.5. The lowest BCUT2D eigenvalue weighted by molar-refractivity contribution is 0.401. The normalized spacial score (nSPS) is 12.4. The minimum absolute atomic E-state index is 0.283. The number of rotatable bonds is 7. The van der Waals surface area contributed by atoms with Gasteiger partial charge < -0.3 is 10.1 Å². The van der Waals surface area contributed by atoms with Crippen LogP contribution >= 0.6 is 0 Å². The molecule has 4 nitrogen and oxygen atoms in total. The predicted molar refractivity (Wildman–Crippen MR) is 85.8 cm³/mol. The van der Waals surface area contributed by atoms with Gasteiger partial charge in [0.15, 0.2) is 0 Å². The van der Waals surface area contributed by atoms with E-state index in [-0.39, 0.29) is 6.04 Å². The summed E-state index contributed by atoms with van der Waals surface area (Å²) in [5.74, 6) is 0.959. The maximum absolute atomic E-state index is 5.48. The van der Waals surface area contributed by atoms with Gasteiger partial charge in [-0.25, -0.2) is 0 Å². The molecule has 4 heteroatoms. The minimum Gasteiger partial charge on any atom is -0.496 e. The summed E-state index contributed by atoms with van der Waals surface area (Å²) in [5.41, 5.74) is 4.90. The molecule has 0 radical (unpaired) electrons. The molecule has 0 saturated carbocycles. The zero-order chi connectivity index (χ0) is 15.2. The SMILES string of the molecule is COc1cc(C)ccc1C(C)NCCCc1cn[nH]c1C. The van der Waals surface area contributed by atoms with Crippen LogP contribution in [-0.4, -0.2) is 23.9 Å². The van der Waals surface area contributed by atoms with Gasteiger partial charge in [-0.05, 0) is 57.4 Å². The van der Waals surface area contributed by atoms with Crippen LogP contribution in [0.25, 0.3) is 0 Å². The second-order valence-electron chi connectivity index (χ2n) is 5.55.